The Morgan fingerprint density at radius 3 is 1.75 bits per heavy atom. The van der Waals surface area contributed by atoms with Crippen LogP contribution in [0.4, 0.5) is 0 Å². The SMILES string of the molecule is CC/C=C\C/C=C\C/C=C\C/C=C\CCCCCCCCCCC(=O)NC(COC1OC(CO)C(O)C(O)C1O)C(O)/C=C/CC/C=C/CCCCCCC. The van der Waals surface area contributed by atoms with Gasteiger partial charge in [0.15, 0.2) is 6.29 Å². The van der Waals surface area contributed by atoms with Gasteiger partial charge in [-0.15, -0.1) is 0 Å². The number of carbonyl (C=O) groups is 1. The lowest BCUT2D eigenvalue weighted by Gasteiger charge is -2.40. The highest BCUT2D eigenvalue weighted by atomic mass is 16.7. The maximum absolute atomic E-state index is 12.9. The fourth-order valence-corrected chi connectivity index (χ4v) is 6.28. The smallest absolute Gasteiger partial charge is 0.220 e. The van der Waals surface area contributed by atoms with Crippen LogP contribution >= 0.6 is 0 Å². The summed E-state index contributed by atoms with van der Waals surface area (Å²) in [5.41, 5.74) is 0. The van der Waals surface area contributed by atoms with Crippen LogP contribution in [0.25, 0.3) is 0 Å². The minimum atomic E-state index is -1.57. The Labute approximate surface area is 334 Å². The second-order valence-corrected chi connectivity index (χ2v) is 14.7. The topological polar surface area (TPSA) is 149 Å². The molecule has 1 aliphatic heterocycles. The molecule has 1 rings (SSSR count). The van der Waals surface area contributed by atoms with Gasteiger partial charge >= 0.3 is 0 Å². The highest BCUT2D eigenvalue weighted by Crippen LogP contribution is 2.22. The Hall–Kier alpha value is -2.37. The Bertz CT molecular complexity index is 1080. The standard InChI is InChI=1S/C46H79NO8/c1-3-5-7-9-11-13-15-16-17-18-19-20-21-22-23-24-26-28-30-32-34-36-42(50)47-39(38-54-46-45(53)44(52)43(51)41(37-48)55-46)40(49)35-33-31-29-27-25-14-12-10-8-6-4-2/h5,7,11,13,16-17,19-20,25,27,33,35,39-41,43-46,48-49,51-53H,3-4,6,8-10,12,14-15,18,21-24,26,28-32,34,36-38H2,1-2H3,(H,47,50)/b7-5-,13-11-,17-16-,20-19-,27-25+,35-33+. The summed E-state index contributed by atoms with van der Waals surface area (Å²) in [6.07, 6.45) is 40.9. The molecule has 1 amide bonds. The van der Waals surface area contributed by atoms with Crippen molar-refractivity contribution in [1.82, 2.24) is 5.32 Å². The molecular weight excluding hydrogens is 695 g/mol. The molecule has 0 aromatic rings. The largest absolute Gasteiger partial charge is 0.394 e. The van der Waals surface area contributed by atoms with Crippen molar-refractivity contribution in [2.75, 3.05) is 13.2 Å². The summed E-state index contributed by atoms with van der Waals surface area (Å²) in [5, 5.41) is 54.0. The minimum Gasteiger partial charge on any atom is -0.394 e. The van der Waals surface area contributed by atoms with Crippen molar-refractivity contribution in [3.8, 4) is 0 Å². The van der Waals surface area contributed by atoms with Crippen molar-refractivity contribution in [2.24, 2.45) is 0 Å². The van der Waals surface area contributed by atoms with E-state index in [0.717, 1.165) is 77.0 Å². The van der Waals surface area contributed by atoms with E-state index in [2.05, 4.69) is 79.9 Å². The number of rotatable bonds is 34. The Kier molecular flexibility index (Phi) is 33.2. The summed E-state index contributed by atoms with van der Waals surface area (Å²) in [4.78, 5) is 12.9. The quantitative estimate of drug-likeness (QED) is 0.0281. The average Bonchev–Trinajstić information content (AvgIpc) is 3.18. The van der Waals surface area contributed by atoms with E-state index >= 15 is 0 Å². The van der Waals surface area contributed by atoms with E-state index < -0.39 is 49.5 Å². The number of hydrogen-bond donors (Lipinski definition) is 6. The second-order valence-electron chi connectivity index (χ2n) is 14.7. The predicted octanol–water partition coefficient (Wildman–Crippen LogP) is 8.61. The van der Waals surface area contributed by atoms with Crippen LogP contribution in [-0.4, -0.2) is 87.5 Å². The normalized spacial score (nSPS) is 22.1. The molecule has 1 heterocycles. The van der Waals surface area contributed by atoms with Crippen molar-refractivity contribution >= 4 is 5.91 Å². The lowest BCUT2D eigenvalue weighted by molar-refractivity contribution is -0.302. The van der Waals surface area contributed by atoms with Crippen molar-refractivity contribution in [1.29, 1.82) is 0 Å². The number of allylic oxidation sites excluding steroid dienone is 11. The van der Waals surface area contributed by atoms with Gasteiger partial charge in [-0.05, 0) is 70.6 Å². The van der Waals surface area contributed by atoms with Crippen LogP contribution in [0.5, 0.6) is 0 Å². The van der Waals surface area contributed by atoms with E-state index in [9.17, 15) is 30.3 Å². The van der Waals surface area contributed by atoms with Crippen molar-refractivity contribution in [2.45, 2.75) is 198 Å². The molecule has 55 heavy (non-hydrogen) atoms. The first kappa shape index (κ1) is 50.6. The first-order valence-electron chi connectivity index (χ1n) is 21.7. The summed E-state index contributed by atoms with van der Waals surface area (Å²) in [6, 6.07) is -0.827. The molecule has 7 atom stereocenters. The van der Waals surface area contributed by atoms with Crippen molar-refractivity contribution in [3.63, 3.8) is 0 Å². The van der Waals surface area contributed by atoms with E-state index in [1.54, 1.807) is 6.08 Å². The van der Waals surface area contributed by atoms with Gasteiger partial charge in [-0.25, -0.2) is 0 Å². The summed E-state index contributed by atoms with van der Waals surface area (Å²) in [7, 11) is 0. The fraction of sp³-hybridized carbons (Fsp3) is 0.717. The Morgan fingerprint density at radius 2 is 1.15 bits per heavy atom. The van der Waals surface area contributed by atoms with E-state index in [0.29, 0.717) is 6.42 Å². The van der Waals surface area contributed by atoms with Gasteiger partial charge in [0.2, 0.25) is 5.91 Å². The van der Waals surface area contributed by atoms with Crippen LogP contribution < -0.4 is 5.32 Å². The second kappa shape index (κ2) is 36.0. The van der Waals surface area contributed by atoms with E-state index in [-0.39, 0.29) is 12.5 Å². The van der Waals surface area contributed by atoms with Crippen LogP contribution in [0.2, 0.25) is 0 Å². The van der Waals surface area contributed by atoms with Gasteiger partial charge in [-0.3, -0.25) is 4.79 Å². The van der Waals surface area contributed by atoms with Gasteiger partial charge in [-0.2, -0.15) is 0 Å². The number of aliphatic hydroxyl groups excluding tert-OH is 5. The maximum atomic E-state index is 12.9. The zero-order valence-corrected chi connectivity index (χ0v) is 34.4. The number of nitrogens with one attached hydrogen (secondary N) is 1. The molecule has 0 bridgehead atoms. The number of aliphatic hydroxyl groups is 5. The first-order valence-corrected chi connectivity index (χ1v) is 21.7. The van der Waals surface area contributed by atoms with E-state index in [4.69, 9.17) is 9.47 Å². The van der Waals surface area contributed by atoms with Crippen LogP contribution in [-0.2, 0) is 14.3 Å². The highest BCUT2D eigenvalue weighted by molar-refractivity contribution is 5.76. The molecule has 9 nitrogen and oxygen atoms in total. The summed E-state index contributed by atoms with van der Waals surface area (Å²) in [6.45, 7) is 3.59. The molecule has 316 valence electrons. The van der Waals surface area contributed by atoms with Crippen LogP contribution in [0.3, 0.4) is 0 Å². The van der Waals surface area contributed by atoms with Crippen LogP contribution in [0, 0.1) is 0 Å². The molecule has 9 heteroatoms. The lowest BCUT2D eigenvalue weighted by Crippen LogP contribution is -2.60. The van der Waals surface area contributed by atoms with Crippen LogP contribution in [0.15, 0.2) is 72.9 Å². The molecule has 1 aliphatic rings. The van der Waals surface area contributed by atoms with Gasteiger partial charge in [0.05, 0.1) is 25.4 Å². The third kappa shape index (κ3) is 27.0. The van der Waals surface area contributed by atoms with Gasteiger partial charge in [0.25, 0.3) is 0 Å². The van der Waals surface area contributed by atoms with Gasteiger partial charge in [0.1, 0.15) is 24.4 Å². The number of hydrogen-bond acceptors (Lipinski definition) is 8. The molecule has 0 saturated carbocycles. The number of ether oxygens (including phenoxy) is 2. The third-order valence-electron chi connectivity index (χ3n) is 9.76. The fourth-order valence-electron chi connectivity index (χ4n) is 6.28. The van der Waals surface area contributed by atoms with Gasteiger partial charge < -0.3 is 40.3 Å². The molecule has 1 saturated heterocycles. The highest BCUT2D eigenvalue weighted by Gasteiger charge is 2.44. The maximum Gasteiger partial charge on any atom is 0.220 e. The van der Waals surface area contributed by atoms with Crippen LogP contribution in [0.1, 0.15) is 155 Å². The molecule has 7 unspecified atom stereocenters. The molecule has 6 N–H and O–H groups in total. The zero-order valence-electron chi connectivity index (χ0n) is 34.4. The Balaban J connectivity index is 2.36. The first-order chi connectivity index (χ1) is 26.8. The molecule has 0 radical (unpaired) electrons. The van der Waals surface area contributed by atoms with E-state index in [1.807, 2.05) is 6.08 Å². The molecule has 0 aliphatic carbocycles. The van der Waals surface area contributed by atoms with Gasteiger partial charge in [-0.1, -0.05) is 151 Å². The molecule has 1 fully saturated rings. The molecule has 0 aromatic carbocycles. The van der Waals surface area contributed by atoms with Gasteiger partial charge in [0, 0.05) is 6.42 Å². The number of amides is 1. The van der Waals surface area contributed by atoms with Crippen molar-refractivity contribution in [3.05, 3.63) is 72.9 Å². The summed E-state index contributed by atoms with van der Waals surface area (Å²) < 4.78 is 11.2. The van der Waals surface area contributed by atoms with E-state index in [1.165, 1.54) is 57.8 Å². The third-order valence-corrected chi connectivity index (χ3v) is 9.76. The molecular formula is C46H79NO8. The number of carbonyl (C=O) groups excluding carboxylic acids is 1. The minimum absolute atomic E-state index is 0.201. The Morgan fingerprint density at radius 1 is 0.636 bits per heavy atom. The summed E-state index contributed by atoms with van der Waals surface area (Å²) in [5.74, 6) is -0.201. The molecule has 0 aromatic heterocycles. The molecule has 0 spiro atoms. The lowest BCUT2D eigenvalue weighted by atomic mass is 9.99. The monoisotopic (exact) mass is 774 g/mol. The average molecular weight is 774 g/mol. The zero-order chi connectivity index (χ0) is 40.2. The summed E-state index contributed by atoms with van der Waals surface area (Å²) >= 11 is 0. The number of unbranched alkanes of at least 4 members (excludes halogenated alkanes) is 14. The predicted molar refractivity (Wildman–Crippen MR) is 225 cm³/mol. The van der Waals surface area contributed by atoms with Crippen molar-refractivity contribution < 1.29 is 39.8 Å².